The molecule has 0 aromatic carbocycles. The van der Waals surface area contributed by atoms with Crippen LogP contribution in [0.1, 0.15) is 10.5 Å². The fourth-order valence-corrected chi connectivity index (χ4v) is 0.843. The van der Waals surface area contributed by atoms with Gasteiger partial charge in [-0.25, -0.2) is 9.78 Å². The van der Waals surface area contributed by atoms with Gasteiger partial charge in [-0.3, -0.25) is 0 Å². The molecule has 0 amide bonds. The lowest BCUT2D eigenvalue weighted by atomic mass is 10.3. The fraction of sp³-hybridized carbons (Fsp3) is 0.250. The Morgan fingerprint density at radius 3 is 2.67 bits per heavy atom. The molecule has 1 aromatic heterocycles. The molecule has 0 aliphatic rings. The van der Waals surface area contributed by atoms with E-state index >= 15 is 0 Å². The van der Waals surface area contributed by atoms with E-state index in [0.717, 1.165) is 0 Å². The van der Waals surface area contributed by atoms with Gasteiger partial charge in [0.2, 0.25) is 0 Å². The first kappa shape index (κ1) is 11.3. The van der Waals surface area contributed by atoms with Gasteiger partial charge in [0, 0.05) is 0 Å². The topological polar surface area (TPSA) is 62.2 Å². The molecule has 0 saturated carbocycles. The lowest BCUT2D eigenvalue weighted by Crippen LogP contribution is -2.22. The van der Waals surface area contributed by atoms with Crippen LogP contribution in [0.2, 0.25) is 0 Å². The Bertz CT molecular complexity index is 365. The third-order valence-electron chi connectivity index (χ3n) is 1.44. The zero-order valence-corrected chi connectivity index (χ0v) is 7.38. The van der Waals surface area contributed by atoms with Gasteiger partial charge < -0.3 is 10.4 Å². The number of aromatic carboxylic acids is 1. The zero-order valence-electron chi connectivity index (χ0n) is 7.38. The first-order valence-electron chi connectivity index (χ1n) is 3.89. The number of carboxylic acids is 1. The molecule has 0 atom stereocenters. The van der Waals surface area contributed by atoms with Gasteiger partial charge in [-0.1, -0.05) is 6.07 Å². The standard InChI is InChI=1S/C8H7F3N2O2/c9-8(10,11)4-12-6-3-1-2-5(13-6)7(14)15/h1-3H,4H2,(H,12,13)(H,14,15). The summed E-state index contributed by atoms with van der Waals surface area (Å²) in [6.07, 6.45) is -4.36. The summed E-state index contributed by atoms with van der Waals surface area (Å²) >= 11 is 0. The lowest BCUT2D eigenvalue weighted by Gasteiger charge is -2.08. The molecule has 1 heterocycles. The van der Waals surface area contributed by atoms with E-state index in [1.165, 1.54) is 18.2 Å². The molecule has 0 fully saturated rings. The van der Waals surface area contributed by atoms with Crippen LogP contribution in [0.4, 0.5) is 19.0 Å². The summed E-state index contributed by atoms with van der Waals surface area (Å²) in [5.41, 5.74) is -0.304. The molecule has 0 aliphatic carbocycles. The molecule has 0 bridgehead atoms. The molecule has 0 spiro atoms. The van der Waals surface area contributed by atoms with Gasteiger partial charge in [-0.15, -0.1) is 0 Å². The highest BCUT2D eigenvalue weighted by molar-refractivity contribution is 5.85. The fourth-order valence-electron chi connectivity index (χ4n) is 0.843. The number of alkyl halides is 3. The SMILES string of the molecule is O=C(O)c1cccc(NCC(F)(F)F)n1. The number of nitrogens with zero attached hydrogens (tertiary/aromatic N) is 1. The highest BCUT2D eigenvalue weighted by Gasteiger charge is 2.26. The molecule has 0 aliphatic heterocycles. The van der Waals surface area contributed by atoms with Crippen LogP contribution in [-0.2, 0) is 0 Å². The normalized spacial score (nSPS) is 11.1. The summed E-state index contributed by atoms with van der Waals surface area (Å²) < 4.78 is 35.4. The van der Waals surface area contributed by atoms with Crippen LogP contribution in [0.15, 0.2) is 18.2 Å². The van der Waals surface area contributed by atoms with E-state index in [1.54, 1.807) is 0 Å². The maximum Gasteiger partial charge on any atom is 0.405 e. The van der Waals surface area contributed by atoms with E-state index < -0.39 is 18.7 Å². The molecular formula is C8H7F3N2O2. The average molecular weight is 220 g/mol. The smallest absolute Gasteiger partial charge is 0.405 e. The van der Waals surface area contributed by atoms with Crippen LogP contribution in [0.5, 0.6) is 0 Å². The maximum atomic E-state index is 11.8. The first-order chi connectivity index (χ1) is 6.88. The lowest BCUT2D eigenvalue weighted by molar-refractivity contribution is -0.115. The summed E-state index contributed by atoms with van der Waals surface area (Å²) in [4.78, 5) is 13.9. The monoisotopic (exact) mass is 220 g/mol. The number of carboxylic acid groups (broad SMARTS) is 1. The molecule has 82 valence electrons. The van der Waals surface area contributed by atoms with Crippen molar-refractivity contribution in [2.45, 2.75) is 6.18 Å². The van der Waals surface area contributed by atoms with E-state index in [-0.39, 0.29) is 11.5 Å². The van der Waals surface area contributed by atoms with Gasteiger partial charge in [0.15, 0.2) is 5.69 Å². The van der Waals surface area contributed by atoms with Crippen molar-refractivity contribution >= 4 is 11.8 Å². The molecule has 2 N–H and O–H groups in total. The Balaban J connectivity index is 2.70. The Morgan fingerprint density at radius 2 is 2.13 bits per heavy atom. The summed E-state index contributed by atoms with van der Waals surface area (Å²) in [6, 6.07) is 3.77. The molecule has 0 unspecified atom stereocenters. The first-order valence-corrected chi connectivity index (χ1v) is 3.89. The molecular weight excluding hydrogens is 213 g/mol. The van der Waals surface area contributed by atoms with Crippen molar-refractivity contribution in [1.82, 2.24) is 4.98 Å². The van der Waals surface area contributed by atoms with Crippen LogP contribution in [0.25, 0.3) is 0 Å². The number of carbonyl (C=O) groups is 1. The number of pyridine rings is 1. The number of anilines is 1. The van der Waals surface area contributed by atoms with Crippen molar-refractivity contribution < 1.29 is 23.1 Å². The Morgan fingerprint density at radius 1 is 1.47 bits per heavy atom. The van der Waals surface area contributed by atoms with Crippen molar-refractivity contribution in [2.75, 3.05) is 11.9 Å². The van der Waals surface area contributed by atoms with Crippen molar-refractivity contribution in [1.29, 1.82) is 0 Å². The van der Waals surface area contributed by atoms with Crippen molar-refractivity contribution in [3.63, 3.8) is 0 Å². The van der Waals surface area contributed by atoms with E-state index in [0.29, 0.717) is 0 Å². The minimum atomic E-state index is -4.36. The van der Waals surface area contributed by atoms with Gasteiger partial charge in [0.05, 0.1) is 0 Å². The number of halogens is 3. The van der Waals surface area contributed by atoms with Crippen LogP contribution >= 0.6 is 0 Å². The van der Waals surface area contributed by atoms with Gasteiger partial charge in [0.25, 0.3) is 0 Å². The molecule has 1 aromatic rings. The second kappa shape index (κ2) is 4.16. The largest absolute Gasteiger partial charge is 0.477 e. The summed E-state index contributed by atoms with van der Waals surface area (Å²) in [7, 11) is 0. The number of rotatable bonds is 3. The molecule has 4 nitrogen and oxygen atoms in total. The summed E-state index contributed by atoms with van der Waals surface area (Å²) in [6.45, 7) is -1.25. The average Bonchev–Trinajstić information content (AvgIpc) is 2.14. The Labute approximate surface area is 82.7 Å². The van der Waals surface area contributed by atoms with E-state index in [2.05, 4.69) is 4.98 Å². The second-order valence-electron chi connectivity index (χ2n) is 2.68. The molecule has 15 heavy (non-hydrogen) atoms. The van der Waals surface area contributed by atoms with Crippen LogP contribution in [0, 0.1) is 0 Å². The molecule has 7 heteroatoms. The van der Waals surface area contributed by atoms with E-state index in [9.17, 15) is 18.0 Å². The Kier molecular flexibility index (Phi) is 3.13. The van der Waals surface area contributed by atoms with Gasteiger partial charge in [0.1, 0.15) is 12.4 Å². The number of nitrogens with one attached hydrogen (secondary N) is 1. The van der Waals surface area contributed by atoms with Crippen LogP contribution < -0.4 is 5.32 Å². The van der Waals surface area contributed by atoms with Crippen LogP contribution in [-0.4, -0.2) is 28.8 Å². The number of hydrogen-bond donors (Lipinski definition) is 2. The molecule has 1 rings (SSSR count). The number of hydrogen-bond acceptors (Lipinski definition) is 3. The second-order valence-corrected chi connectivity index (χ2v) is 2.68. The summed E-state index contributed by atoms with van der Waals surface area (Å²) in [5, 5.41) is 10.5. The quantitative estimate of drug-likeness (QED) is 0.814. The third-order valence-corrected chi connectivity index (χ3v) is 1.44. The highest BCUT2D eigenvalue weighted by atomic mass is 19.4. The minimum Gasteiger partial charge on any atom is -0.477 e. The van der Waals surface area contributed by atoms with Crippen LogP contribution in [0.3, 0.4) is 0 Å². The highest BCUT2D eigenvalue weighted by Crippen LogP contribution is 2.15. The summed E-state index contributed by atoms with van der Waals surface area (Å²) in [5.74, 6) is -1.40. The molecule has 0 radical (unpaired) electrons. The van der Waals surface area contributed by atoms with Gasteiger partial charge in [-0.2, -0.15) is 13.2 Å². The number of aromatic nitrogens is 1. The molecule has 0 saturated heterocycles. The van der Waals surface area contributed by atoms with Crippen molar-refractivity contribution in [2.24, 2.45) is 0 Å². The van der Waals surface area contributed by atoms with Gasteiger partial charge in [-0.05, 0) is 12.1 Å². The predicted molar refractivity (Wildman–Crippen MR) is 45.7 cm³/mol. The predicted octanol–water partition coefficient (Wildman–Crippen LogP) is 1.75. The minimum absolute atomic E-state index is 0.118. The maximum absolute atomic E-state index is 11.8. The van der Waals surface area contributed by atoms with E-state index in [4.69, 9.17) is 5.11 Å². The third kappa shape index (κ3) is 3.84. The van der Waals surface area contributed by atoms with Crippen molar-refractivity contribution in [3.8, 4) is 0 Å². The zero-order chi connectivity index (χ0) is 11.5. The Hall–Kier alpha value is -1.79. The van der Waals surface area contributed by atoms with E-state index in [1.807, 2.05) is 5.32 Å². The van der Waals surface area contributed by atoms with Gasteiger partial charge >= 0.3 is 12.1 Å². The van der Waals surface area contributed by atoms with Crippen molar-refractivity contribution in [3.05, 3.63) is 23.9 Å².